The Labute approximate surface area is 132 Å². The molecule has 2 heterocycles. The van der Waals surface area contributed by atoms with Crippen LogP contribution < -0.4 is 0 Å². The second kappa shape index (κ2) is 5.88. The fourth-order valence-electron chi connectivity index (χ4n) is 2.37. The van der Waals surface area contributed by atoms with Crippen LogP contribution in [-0.2, 0) is 18.8 Å². The molecule has 106 valence electrons. The van der Waals surface area contributed by atoms with Crippen LogP contribution in [0.5, 0.6) is 0 Å². The van der Waals surface area contributed by atoms with Gasteiger partial charge in [0.1, 0.15) is 5.82 Å². The van der Waals surface area contributed by atoms with Gasteiger partial charge in [-0.25, -0.2) is 4.98 Å². The van der Waals surface area contributed by atoms with Crippen LogP contribution >= 0.6 is 22.9 Å². The normalized spacial score (nSPS) is 10.9. The predicted octanol–water partition coefficient (Wildman–Crippen LogP) is 4.32. The molecule has 0 spiro atoms. The van der Waals surface area contributed by atoms with Gasteiger partial charge in [0.25, 0.3) is 0 Å². The van der Waals surface area contributed by atoms with E-state index in [4.69, 9.17) is 16.9 Å². The molecule has 1 aromatic carbocycles. The molecule has 0 radical (unpaired) electrons. The maximum atomic E-state index is 9.07. The molecule has 0 bridgehead atoms. The lowest BCUT2D eigenvalue weighted by Crippen LogP contribution is -2.02. The Hall–Kier alpha value is -1.83. The van der Waals surface area contributed by atoms with Gasteiger partial charge in [-0.2, -0.15) is 5.26 Å². The molecular weight excluding hydrogens is 302 g/mol. The zero-order valence-corrected chi connectivity index (χ0v) is 13.2. The molecule has 0 saturated heterocycles. The summed E-state index contributed by atoms with van der Waals surface area (Å²) in [5, 5.41) is 9.07. The van der Waals surface area contributed by atoms with E-state index in [1.807, 2.05) is 23.5 Å². The molecule has 0 aliphatic rings. The molecule has 21 heavy (non-hydrogen) atoms. The summed E-state index contributed by atoms with van der Waals surface area (Å²) in [7, 11) is 0. The summed E-state index contributed by atoms with van der Waals surface area (Å²) in [6, 6.07) is 12.1. The summed E-state index contributed by atoms with van der Waals surface area (Å²) in [5.41, 5.74) is 2.50. The average Bonchev–Trinajstić information content (AvgIpc) is 3.11. The first kappa shape index (κ1) is 14.1. The van der Waals surface area contributed by atoms with Gasteiger partial charge in [0, 0.05) is 9.75 Å². The number of fused-ring (bicyclic) bond motifs is 1. The first-order valence-corrected chi connectivity index (χ1v) is 8.13. The highest BCUT2D eigenvalue weighted by molar-refractivity contribution is 7.11. The Morgan fingerprint density at radius 2 is 2.10 bits per heavy atom. The van der Waals surface area contributed by atoms with Crippen molar-refractivity contribution in [2.45, 2.75) is 25.8 Å². The number of nitrogens with zero attached hydrogens (tertiary/aromatic N) is 3. The van der Waals surface area contributed by atoms with Gasteiger partial charge in [-0.1, -0.05) is 6.92 Å². The number of thiophene rings is 1. The average molecular weight is 316 g/mol. The van der Waals surface area contributed by atoms with Crippen LogP contribution in [-0.4, -0.2) is 9.55 Å². The van der Waals surface area contributed by atoms with E-state index < -0.39 is 0 Å². The number of halogens is 1. The van der Waals surface area contributed by atoms with Gasteiger partial charge in [0.05, 0.1) is 35.1 Å². The first-order chi connectivity index (χ1) is 10.2. The van der Waals surface area contributed by atoms with Crippen molar-refractivity contribution in [1.82, 2.24) is 9.55 Å². The SMILES string of the molecule is CCc1ccc(Cn2c(CCl)nc3ccc(C#N)cc32)s1. The van der Waals surface area contributed by atoms with E-state index in [1.54, 1.807) is 6.07 Å². The third-order valence-electron chi connectivity index (χ3n) is 3.46. The minimum atomic E-state index is 0.364. The maximum Gasteiger partial charge on any atom is 0.125 e. The number of nitriles is 1. The van der Waals surface area contributed by atoms with E-state index in [0.717, 1.165) is 29.8 Å². The number of aryl methyl sites for hydroxylation is 1. The lowest BCUT2D eigenvalue weighted by molar-refractivity contribution is 0.789. The van der Waals surface area contributed by atoms with Gasteiger partial charge >= 0.3 is 0 Å². The Balaban J connectivity index is 2.08. The van der Waals surface area contributed by atoms with Crippen LogP contribution in [0.25, 0.3) is 11.0 Å². The summed E-state index contributed by atoms with van der Waals surface area (Å²) in [6.45, 7) is 2.91. The van der Waals surface area contributed by atoms with Gasteiger partial charge in [0.2, 0.25) is 0 Å². The number of imidazole rings is 1. The first-order valence-electron chi connectivity index (χ1n) is 6.78. The fraction of sp³-hybridized carbons (Fsp3) is 0.250. The van der Waals surface area contributed by atoms with Crippen molar-refractivity contribution >= 4 is 34.0 Å². The minimum Gasteiger partial charge on any atom is -0.322 e. The third kappa shape index (κ3) is 2.67. The lowest BCUT2D eigenvalue weighted by Gasteiger charge is -2.06. The molecule has 3 nitrogen and oxygen atoms in total. The molecule has 3 rings (SSSR count). The monoisotopic (exact) mass is 315 g/mol. The summed E-state index contributed by atoms with van der Waals surface area (Å²) in [6.07, 6.45) is 1.05. The fourth-order valence-corrected chi connectivity index (χ4v) is 3.52. The Morgan fingerprint density at radius 3 is 2.76 bits per heavy atom. The molecule has 5 heteroatoms. The second-order valence-corrected chi connectivity index (χ2v) is 6.30. The van der Waals surface area contributed by atoms with Crippen molar-refractivity contribution in [2.75, 3.05) is 0 Å². The quantitative estimate of drug-likeness (QED) is 0.673. The van der Waals surface area contributed by atoms with E-state index in [-0.39, 0.29) is 0 Å². The molecule has 0 N–H and O–H groups in total. The second-order valence-electron chi connectivity index (χ2n) is 4.78. The van der Waals surface area contributed by atoms with Crippen LogP contribution in [0.1, 0.15) is 28.1 Å². The van der Waals surface area contributed by atoms with Crippen molar-refractivity contribution < 1.29 is 0 Å². The molecule has 0 aliphatic heterocycles. The number of hydrogen-bond acceptors (Lipinski definition) is 3. The highest BCUT2D eigenvalue weighted by Crippen LogP contribution is 2.24. The maximum absolute atomic E-state index is 9.07. The van der Waals surface area contributed by atoms with Crippen molar-refractivity contribution in [3.05, 3.63) is 51.5 Å². The van der Waals surface area contributed by atoms with Crippen LogP contribution in [0.3, 0.4) is 0 Å². The zero-order chi connectivity index (χ0) is 14.8. The number of hydrogen-bond donors (Lipinski definition) is 0. The Kier molecular flexibility index (Phi) is 3.96. The number of aromatic nitrogens is 2. The van der Waals surface area contributed by atoms with Crippen molar-refractivity contribution in [3.8, 4) is 6.07 Å². The molecule has 0 atom stereocenters. The van der Waals surface area contributed by atoms with Crippen molar-refractivity contribution in [1.29, 1.82) is 5.26 Å². The van der Waals surface area contributed by atoms with E-state index in [1.165, 1.54) is 9.75 Å². The van der Waals surface area contributed by atoms with Crippen molar-refractivity contribution in [2.24, 2.45) is 0 Å². The van der Waals surface area contributed by atoms with Gasteiger partial charge in [-0.05, 0) is 36.8 Å². The van der Waals surface area contributed by atoms with E-state index in [9.17, 15) is 0 Å². The Morgan fingerprint density at radius 1 is 1.29 bits per heavy atom. The van der Waals surface area contributed by atoms with Crippen LogP contribution in [0, 0.1) is 11.3 Å². The van der Waals surface area contributed by atoms with E-state index >= 15 is 0 Å². The zero-order valence-electron chi connectivity index (χ0n) is 11.6. The summed E-state index contributed by atoms with van der Waals surface area (Å²) >= 11 is 7.84. The molecule has 0 fully saturated rings. The largest absolute Gasteiger partial charge is 0.322 e. The Bertz CT molecular complexity index is 826. The highest BCUT2D eigenvalue weighted by Gasteiger charge is 2.12. The molecule has 0 amide bonds. The van der Waals surface area contributed by atoms with Gasteiger partial charge in [0.15, 0.2) is 0 Å². The number of rotatable bonds is 4. The van der Waals surface area contributed by atoms with E-state index in [2.05, 4.69) is 34.7 Å². The molecule has 3 aromatic rings. The highest BCUT2D eigenvalue weighted by atomic mass is 35.5. The topological polar surface area (TPSA) is 41.6 Å². The summed E-state index contributed by atoms with van der Waals surface area (Å²) in [4.78, 5) is 7.21. The summed E-state index contributed by atoms with van der Waals surface area (Å²) in [5.74, 6) is 1.20. The smallest absolute Gasteiger partial charge is 0.125 e. The third-order valence-corrected chi connectivity index (χ3v) is 4.91. The standard InChI is InChI=1S/C16H14ClN3S/c1-2-12-4-5-13(21-12)10-20-15-7-11(9-18)3-6-14(15)19-16(20)8-17/h3-7H,2,8,10H2,1H3. The number of alkyl halides is 1. The van der Waals surface area contributed by atoms with Gasteiger partial charge < -0.3 is 4.57 Å². The van der Waals surface area contributed by atoms with Crippen LogP contribution in [0.4, 0.5) is 0 Å². The molecule has 2 aromatic heterocycles. The van der Waals surface area contributed by atoms with Crippen LogP contribution in [0.2, 0.25) is 0 Å². The lowest BCUT2D eigenvalue weighted by atomic mass is 10.2. The molecule has 0 unspecified atom stereocenters. The summed E-state index contributed by atoms with van der Waals surface area (Å²) < 4.78 is 2.11. The van der Waals surface area contributed by atoms with Crippen molar-refractivity contribution in [3.63, 3.8) is 0 Å². The molecule has 0 saturated carbocycles. The molecule has 0 aliphatic carbocycles. The minimum absolute atomic E-state index is 0.364. The van der Waals surface area contributed by atoms with E-state index in [0.29, 0.717) is 11.4 Å². The van der Waals surface area contributed by atoms with Gasteiger partial charge in [-0.15, -0.1) is 22.9 Å². The predicted molar refractivity (Wildman–Crippen MR) is 86.8 cm³/mol. The van der Waals surface area contributed by atoms with Gasteiger partial charge in [-0.3, -0.25) is 0 Å². The van der Waals surface area contributed by atoms with Crippen LogP contribution in [0.15, 0.2) is 30.3 Å². The number of benzene rings is 1. The molecular formula is C16H14ClN3S.